The highest BCUT2D eigenvalue weighted by Crippen LogP contribution is 2.23. The van der Waals surface area contributed by atoms with E-state index in [0.717, 1.165) is 0 Å². The van der Waals surface area contributed by atoms with E-state index in [1.54, 1.807) is 23.3 Å². The molecule has 0 bridgehead atoms. The van der Waals surface area contributed by atoms with Crippen LogP contribution in [0.4, 0.5) is 5.82 Å². The first-order valence-corrected chi connectivity index (χ1v) is 8.84. The maximum absolute atomic E-state index is 12.2. The number of hydrogen-bond acceptors (Lipinski definition) is 6. The molecule has 0 radical (unpaired) electrons. The average Bonchev–Trinajstić information content (AvgIpc) is 2.84. The molecular weight excluding hydrogens is 292 g/mol. The van der Waals surface area contributed by atoms with E-state index in [1.807, 2.05) is 13.2 Å². The Morgan fingerprint density at radius 2 is 2.39 bits per heavy atom. The average molecular weight is 306 g/mol. The Kier molecular flexibility index (Phi) is 3.85. The van der Waals surface area contributed by atoms with E-state index >= 15 is 0 Å². The fraction of sp³-hybridized carbons (Fsp3) is 0.444. The second-order valence-corrected chi connectivity index (χ2v) is 7.59. The third-order valence-electron chi connectivity index (χ3n) is 2.46. The highest BCUT2D eigenvalue weighted by molar-refractivity contribution is 7.99. The summed E-state index contributed by atoms with van der Waals surface area (Å²) < 4.78 is 28.4. The maximum atomic E-state index is 12.2. The molecule has 0 saturated carbocycles. The number of hydrogen-bond donors (Lipinski definition) is 2. The number of nitrogens with two attached hydrogens (primary N) is 1. The zero-order valence-electron chi connectivity index (χ0n) is 9.95. The van der Waals surface area contributed by atoms with E-state index in [-0.39, 0.29) is 16.1 Å². The van der Waals surface area contributed by atoms with Gasteiger partial charge >= 0.3 is 0 Å². The largest absolute Gasteiger partial charge is 0.381 e. The molecule has 2 aromatic heterocycles. The minimum absolute atomic E-state index is 0.0204. The van der Waals surface area contributed by atoms with E-state index in [4.69, 9.17) is 5.73 Å². The molecule has 0 amide bonds. The van der Waals surface area contributed by atoms with Gasteiger partial charge in [0.1, 0.15) is 0 Å². The van der Waals surface area contributed by atoms with Gasteiger partial charge in [0.15, 0.2) is 15.8 Å². The zero-order chi connectivity index (χ0) is 13.3. The second-order valence-electron chi connectivity index (χ2n) is 3.76. The number of nitrogen functional groups attached to an aromatic ring is 1. The van der Waals surface area contributed by atoms with E-state index in [2.05, 4.69) is 9.71 Å². The number of fused-ring (bicyclic) bond motifs is 1. The SMILES string of the molecule is CSC(C)CNS(=O)(=O)c1c(N)nc2sccn12. The number of sulfonamides is 1. The number of aromatic nitrogens is 2. The number of thioether (sulfide) groups is 1. The lowest BCUT2D eigenvalue weighted by Gasteiger charge is -2.10. The number of imidazole rings is 1. The predicted octanol–water partition coefficient (Wildman–Crippen LogP) is 1.01. The summed E-state index contributed by atoms with van der Waals surface area (Å²) in [4.78, 5) is 4.60. The lowest BCUT2D eigenvalue weighted by molar-refractivity contribution is 0.577. The smallest absolute Gasteiger partial charge is 0.260 e. The molecule has 0 aliphatic heterocycles. The van der Waals surface area contributed by atoms with Crippen molar-refractivity contribution in [3.63, 3.8) is 0 Å². The molecule has 9 heteroatoms. The molecule has 100 valence electrons. The summed E-state index contributed by atoms with van der Waals surface area (Å²) in [5.41, 5.74) is 5.67. The number of thiazole rings is 1. The van der Waals surface area contributed by atoms with Crippen LogP contribution in [0.1, 0.15) is 6.92 Å². The van der Waals surface area contributed by atoms with Gasteiger partial charge in [-0.2, -0.15) is 11.8 Å². The lowest BCUT2D eigenvalue weighted by Crippen LogP contribution is -2.30. The molecule has 2 aromatic rings. The minimum atomic E-state index is -3.63. The molecular formula is C9H14N4O2S3. The van der Waals surface area contributed by atoms with E-state index < -0.39 is 10.0 Å². The Morgan fingerprint density at radius 1 is 1.67 bits per heavy atom. The van der Waals surface area contributed by atoms with E-state index in [1.165, 1.54) is 15.7 Å². The first-order valence-electron chi connectivity index (χ1n) is 5.19. The molecule has 3 N–H and O–H groups in total. The van der Waals surface area contributed by atoms with Gasteiger partial charge in [0.25, 0.3) is 10.0 Å². The fourth-order valence-corrected chi connectivity index (χ4v) is 3.90. The zero-order valence-corrected chi connectivity index (χ0v) is 12.4. The molecule has 1 unspecified atom stereocenters. The molecule has 0 aliphatic rings. The minimum Gasteiger partial charge on any atom is -0.381 e. The number of rotatable bonds is 5. The normalized spacial score (nSPS) is 14.1. The quantitative estimate of drug-likeness (QED) is 0.860. The van der Waals surface area contributed by atoms with Crippen LogP contribution in [0.3, 0.4) is 0 Å². The van der Waals surface area contributed by atoms with Crippen molar-refractivity contribution in [2.45, 2.75) is 17.2 Å². The topological polar surface area (TPSA) is 89.5 Å². The number of anilines is 1. The predicted molar refractivity (Wildman–Crippen MR) is 75.6 cm³/mol. The Hall–Kier alpha value is -0.770. The van der Waals surface area contributed by atoms with Gasteiger partial charge in [-0.3, -0.25) is 4.40 Å². The number of nitrogens with one attached hydrogen (secondary N) is 1. The van der Waals surface area contributed by atoms with Crippen LogP contribution in [0.15, 0.2) is 16.6 Å². The van der Waals surface area contributed by atoms with Crippen LogP contribution in [0, 0.1) is 0 Å². The van der Waals surface area contributed by atoms with Crippen molar-refractivity contribution < 1.29 is 8.42 Å². The summed E-state index contributed by atoms with van der Waals surface area (Å²) in [5, 5.41) is 1.99. The van der Waals surface area contributed by atoms with Crippen LogP contribution in [0.2, 0.25) is 0 Å². The third kappa shape index (κ3) is 2.48. The molecule has 1 atom stereocenters. The van der Waals surface area contributed by atoms with Crippen LogP contribution in [-0.4, -0.2) is 35.9 Å². The lowest BCUT2D eigenvalue weighted by atomic mass is 10.5. The fourth-order valence-electron chi connectivity index (χ4n) is 1.43. The summed E-state index contributed by atoms with van der Waals surface area (Å²) >= 11 is 2.94. The van der Waals surface area contributed by atoms with Crippen molar-refractivity contribution in [3.8, 4) is 0 Å². The van der Waals surface area contributed by atoms with E-state index in [9.17, 15) is 8.42 Å². The van der Waals surface area contributed by atoms with Crippen molar-refractivity contribution in [1.29, 1.82) is 0 Å². The summed E-state index contributed by atoms with van der Waals surface area (Å²) in [5.74, 6) is 0.0335. The van der Waals surface area contributed by atoms with Crippen molar-refractivity contribution in [2.75, 3.05) is 18.5 Å². The third-order valence-corrected chi connectivity index (χ3v) is 5.65. The Bertz CT molecular complexity index is 646. The standard InChI is InChI=1S/C9H14N4O2S3/c1-6(16-2)5-11-18(14,15)8-7(10)12-9-13(8)3-4-17-9/h3-4,6,11H,5,10H2,1-2H3. The van der Waals surface area contributed by atoms with Crippen molar-refractivity contribution in [3.05, 3.63) is 11.6 Å². The van der Waals surface area contributed by atoms with Crippen LogP contribution in [0.25, 0.3) is 4.96 Å². The summed E-state index contributed by atoms with van der Waals surface area (Å²) in [6.07, 6.45) is 3.58. The summed E-state index contributed by atoms with van der Waals surface area (Å²) in [6, 6.07) is 0. The first-order chi connectivity index (χ1) is 8.45. The van der Waals surface area contributed by atoms with Crippen molar-refractivity contribution >= 4 is 43.9 Å². The van der Waals surface area contributed by atoms with Crippen LogP contribution >= 0.6 is 23.1 Å². The van der Waals surface area contributed by atoms with Gasteiger partial charge in [-0.15, -0.1) is 11.3 Å². The molecule has 0 aromatic carbocycles. The van der Waals surface area contributed by atoms with Crippen molar-refractivity contribution in [1.82, 2.24) is 14.1 Å². The second kappa shape index (κ2) is 5.08. The van der Waals surface area contributed by atoms with Crippen LogP contribution in [-0.2, 0) is 10.0 Å². The van der Waals surface area contributed by atoms with Gasteiger partial charge in [-0.25, -0.2) is 18.1 Å². The molecule has 2 rings (SSSR count). The molecule has 6 nitrogen and oxygen atoms in total. The number of nitrogens with zero attached hydrogens (tertiary/aromatic N) is 2. The van der Waals surface area contributed by atoms with Gasteiger partial charge in [0, 0.05) is 23.4 Å². The van der Waals surface area contributed by atoms with Gasteiger partial charge in [-0.05, 0) is 6.26 Å². The Morgan fingerprint density at radius 3 is 3.06 bits per heavy atom. The highest BCUT2D eigenvalue weighted by atomic mass is 32.2. The summed E-state index contributed by atoms with van der Waals surface area (Å²) in [7, 11) is -3.63. The van der Waals surface area contributed by atoms with Crippen LogP contribution in [0.5, 0.6) is 0 Å². The molecule has 0 fully saturated rings. The highest BCUT2D eigenvalue weighted by Gasteiger charge is 2.24. The Balaban J connectivity index is 2.34. The Labute approximate surface area is 114 Å². The van der Waals surface area contributed by atoms with Gasteiger partial charge < -0.3 is 5.73 Å². The maximum Gasteiger partial charge on any atom is 0.260 e. The van der Waals surface area contributed by atoms with Gasteiger partial charge in [-0.1, -0.05) is 6.92 Å². The summed E-state index contributed by atoms with van der Waals surface area (Å²) in [6.45, 7) is 2.31. The molecule has 0 aliphatic carbocycles. The van der Waals surface area contributed by atoms with Gasteiger partial charge in [0.05, 0.1) is 0 Å². The molecule has 18 heavy (non-hydrogen) atoms. The molecule has 0 spiro atoms. The van der Waals surface area contributed by atoms with E-state index in [0.29, 0.717) is 11.5 Å². The molecule has 0 saturated heterocycles. The van der Waals surface area contributed by atoms with Gasteiger partial charge in [0.2, 0.25) is 0 Å². The molecule has 2 heterocycles. The monoisotopic (exact) mass is 306 g/mol. The first kappa shape index (κ1) is 13.7. The van der Waals surface area contributed by atoms with Crippen LogP contribution < -0.4 is 10.5 Å². The van der Waals surface area contributed by atoms with Crippen molar-refractivity contribution in [2.24, 2.45) is 0 Å².